The standard InChI is InChI=1S/C13H13BFNO3/c1-9-4-5-16(13(17)6-9)8-10-2-3-11(15)7-12(10)14(18)19/h2-7,18-19H,8H2,1H3. The molecule has 1 aromatic carbocycles. The van der Waals surface area contributed by atoms with Crippen LogP contribution >= 0.6 is 0 Å². The van der Waals surface area contributed by atoms with E-state index in [1.165, 1.54) is 22.8 Å². The van der Waals surface area contributed by atoms with Gasteiger partial charge in [0.1, 0.15) is 5.82 Å². The molecule has 0 saturated heterocycles. The molecule has 2 aromatic rings. The van der Waals surface area contributed by atoms with E-state index in [-0.39, 0.29) is 17.6 Å². The van der Waals surface area contributed by atoms with E-state index < -0.39 is 12.9 Å². The molecule has 0 amide bonds. The zero-order chi connectivity index (χ0) is 14.0. The first-order valence-corrected chi connectivity index (χ1v) is 5.79. The average molecular weight is 261 g/mol. The zero-order valence-corrected chi connectivity index (χ0v) is 10.4. The van der Waals surface area contributed by atoms with Crippen molar-refractivity contribution >= 4 is 12.6 Å². The summed E-state index contributed by atoms with van der Waals surface area (Å²) < 4.78 is 14.5. The molecule has 0 aliphatic carbocycles. The fraction of sp³-hybridized carbons (Fsp3) is 0.154. The number of rotatable bonds is 3. The van der Waals surface area contributed by atoms with E-state index in [2.05, 4.69) is 0 Å². The molecule has 1 aromatic heterocycles. The third kappa shape index (κ3) is 3.10. The molecule has 6 heteroatoms. The molecule has 98 valence electrons. The second-order valence-corrected chi connectivity index (χ2v) is 4.39. The van der Waals surface area contributed by atoms with Crippen LogP contribution in [-0.4, -0.2) is 21.7 Å². The third-order valence-corrected chi connectivity index (χ3v) is 2.88. The maximum absolute atomic E-state index is 13.1. The predicted octanol–water partition coefficient (Wildman–Crippen LogP) is 0.0239. The largest absolute Gasteiger partial charge is 0.488 e. The van der Waals surface area contributed by atoms with Gasteiger partial charge in [-0.05, 0) is 41.7 Å². The summed E-state index contributed by atoms with van der Waals surface area (Å²) in [6.07, 6.45) is 1.62. The summed E-state index contributed by atoms with van der Waals surface area (Å²) in [6, 6.07) is 6.98. The molecule has 0 unspecified atom stereocenters. The summed E-state index contributed by atoms with van der Waals surface area (Å²) in [5, 5.41) is 18.4. The summed E-state index contributed by atoms with van der Waals surface area (Å²) in [7, 11) is -1.77. The highest BCUT2D eigenvalue weighted by atomic mass is 19.1. The first-order valence-electron chi connectivity index (χ1n) is 5.79. The second kappa shape index (κ2) is 5.38. The average Bonchev–Trinajstić information content (AvgIpc) is 2.34. The van der Waals surface area contributed by atoms with Crippen LogP contribution in [0.4, 0.5) is 4.39 Å². The Labute approximate surface area is 109 Å². The van der Waals surface area contributed by atoms with Crippen LogP contribution < -0.4 is 11.0 Å². The van der Waals surface area contributed by atoms with Gasteiger partial charge in [0.05, 0.1) is 6.54 Å². The van der Waals surface area contributed by atoms with Crippen LogP contribution in [0.2, 0.25) is 0 Å². The fourth-order valence-electron chi connectivity index (χ4n) is 1.87. The Balaban J connectivity index is 2.40. The van der Waals surface area contributed by atoms with E-state index in [9.17, 15) is 19.2 Å². The molecule has 2 rings (SSSR count). The topological polar surface area (TPSA) is 62.5 Å². The van der Waals surface area contributed by atoms with Gasteiger partial charge < -0.3 is 14.6 Å². The minimum atomic E-state index is -1.77. The Morgan fingerprint density at radius 1 is 1.26 bits per heavy atom. The Morgan fingerprint density at radius 2 is 2.00 bits per heavy atom. The van der Waals surface area contributed by atoms with E-state index in [1.807, 2.05) is 6.92 Å². The number of nitrogens with zero attached hydrogens (tertiary/aromatic N) is 1. The van der Waals surface area contributed by atoms with Gasteiger partial charge in [-0.25, -0.2) is 4.39 Å². The van der Waals surface area contributed by atoms with Crippen molar-refractivity contribution in [2.45, 2.75) is 13.5 Å². The van der Waals surface area contributed by atoms with E-state index in [1.54, 1.807) is 12.3 Å². The lowest BCUT2D eigenvalue weighted by Crippen LogP contribution is -2.35. The van der Waals surface area contributed by atoms with Crippen LogP contribution in [0.5, 0.6) is 0 Å². The lowest BCUT2D eigenvalue weighted by atomic mass is 9.77. The Morgan fingerprint density at radius 3 is 2.63 bits per heavy atom. The molecule has 0 radical (unpaired) electrons. The van der Waals surface area contributed by atoms with Crippen molar-refractivity contribution in [1.29, 1.82) is 0 Å². The lowest BCUT2D eigenvalue weighted by Gasteiger charge is -2.11. The molecule has 0 aliphatic heterocycles. The van der Waals surface area contributed by atoms with Gasteiger partial charge in [-0.15, -0.1) is 0 Å². The van der Waals surface area contributed by atoms with Crippen LogP contribution in [-0.2, 0) is 6.54 Å². The van der Waals surface area contributed by atoms with Gasteiger partial charge in [0.25, 0.3) is 5.56 Å². The van der Waals surface area contributed by atoms with Crippen LogP contribution in [0.1, 0.15) is 11.1 Å². The summed E-state index contributed by atoms with van der Waals surface area (Å²) in [5.41, 5.74) is 1.21. The molecule has 0 aliphatic rings. The van der Waals surface area contributed by atoms with Crippen molar-refractivity contribution in [2.24, 2.45) is 0 Å². The van der Waals surface area contributed by atoms with E-state index >= 15 is 0 Å². The molecule has 0 spiro atoms. The van der Waals surface area contributed by atoms with Gasteiger partial charge in [0.15, 0.2) is 0 Å². The van der Waals surface area contributed by atoms with Crippen molar-refractivity contribution in [3.8, 4) is 0 Å². The van der Waals surface area contributed by atoms with Crippen molar-refractivity contribution in [3.63, 3.8) is 0 Å². The molecule has 0 fully saturated rings. The van der Waals surface area contributed by atoms with Gasteiger partial charge >= 0.3 is 7.12 Å². The summed E-state index contributed by atoms with van der Waals surface area (Å²) in [4.78, 5) is 11.8. The van der Waals surface area contributed by atoms with E-state index in [0.717, 1.165) is 11.6 Å². The maximum atomic E-state index is 13.1. The zero-order valence-electron chi connectivity index (χ0n) is 10.4. The van der Waals surface area contributed by atoms with Crippen LogP contribution in [0.3, 0.4) is 0 Å². The molecular formula is C13H13BFNO3. The number of aromatic nitrogens is 1. The summed E-state index contributed by atoms with van der Waals surface area (Å²) >= 11 is 0. The van der Waals surface area contributed by atoms with Gasteiger partial charge in [-0.1, -0.05) is 6.07 Å². The molecule has 19 heavy (non-hydrogen) atoms. The van der Waals surface area contributed by atoms with Crippen molar-refractivity contribution in [2.75, 3.05) is 0 Å². The normalized spacial score (nSPS) is 10.5. The smallest absolute Gasteiger partial charge is 0.423 e. The molecule has 0 saturated carbocycles. The molecular weight excluding hydrogens is 248 g/mol. The Bertz CT molecular complexity index is 655. The van der Waals surface area contributed by atoms with Gasteiger partial charge in [0.2, 0.25) is 0 Å². The number of pyridine rings is 1. The third-order valence-electron chi connectivity index (χ3n) is 2.88. The predicted molar refractivity (Wildman–Crippen MR) is 70.8 cm³/mol. The number of hydrogen-bond donors (Lipinski definition) is 2. The van der Waals surface area contributed by atoms with Crippen molar-refractivity contribution in [1.82, 2.24) is 4.57 Å². The molecule has 0 bridgehead atoms. The number of aryl methyl sites for hydroxylation is 1. The number of halogens is 1. The fourth-order valence-corrected chi connectivity index (χ4v) is 1.87. The molecule has 2 N–H and O–H groups in total. The van der Waals surface area contributed by atoms with Crippen LogP contribution in [0.15, 0.2) is 41.3 Å². The maximum Gasteiger partial charge on any atom is 0.488 e. The molecule has 4 nitrogen and oxygen atoms in total. The SMILES string of the molecule is Cc1ccn(Cc2ccc(F)cc2B(O)O)c(=O)c1. The van der Waals surface area contributed by atoms with Crippen molar-refractivity contribution < 1.29 is 14.4 Å². The van der Waals surface area contributed by atoms with Gasteiger partial charge in [-0.3, -0.25) is 4.79 Å². The number of benzene rings is 1. The minimum Gasteiger partial charge on any atom is -0.423 e. The van der Waals surface area contributed by atoms with Gasteiger partial charge in [-0.2, -0.15) is 0 Å². The first-order chi connectivity index (χ1) is 8.97. The Hall–Kier alpha value is -1.92. The van der Waals surface area contributed by atoms with E-state index in [0.29, 0.717) is 5.56 Å². The monoisotopic (exact) mass is 261 g/mol. The van der Waals surface area contributed by atoms with E-state index in [4.69, 9.17) is 0 Å². The highest BCUT2D eigenvalue weighted by Gasteiger charge is 2.17. The second-order valence-electron chi connectivity index (χ2n) is 4.39. The molecule has 1 heterocycles. The minimum absolute atomic E-state index is 0.0625. The summed E-state index contributed by atoms with van der Waals surface area (Å²) in [6.45, 7) is 1.97. The highest BCUT2D eigenvalue weighted by molar-refractivity contribution is 6.59. The summed E-state index contributed by atoms with van der Waals surface area (Å²) in [5.74, 6) is -0.553. The Kier molecular flexibility index (Phi) is 3.83. The quantitative estimate of drug-likeness (QED) is 0.766. The lowest BCUT2D eigenvalue weighted by molar-refractivity contribution is 0.425. The highest BCUT2D eigenvalue weighted by Crippen LogP contribution is 2.03. The van der Waals surface area contributed by atoms with Gasteiger partial charge in [0, 0.05) is 12.3 Å². The van der Waals surface area contributed by atoms with Crippen molar-refractivity contribution in [3.05, 3.63) is 63.8 Å². The number of hydrogen-bond acceptors (Lipinski definition) is 3. The van der Waals surface area contributed by atoms with Crippen LogP contribution in [0.25, 0.3) is 0 Å². The van der Waals surface area contributed by atoms with Crippen LogP contribution in [0, 0.1) is 12.7 Å². The molecule has 0 atom stereocenters. The first kappa shape index (κ1) is 13.5.